The number of benzene rings is 1. The Morgan fingerprint density at radius 3 is 2.61 bits per heavy atom. The van der Waals surface area contributed by atoms with Crippen LogP contribution in [0.3, 0.4) is 0 Å². The molecule has 3 heteroatoms. The summed E-state index contributed by atoms with van der Waals surface area (Å²) in [4.78, 5) is 5.95. The van der Waals surface area contributed by atoms with Crippen LogP contribution >= 0.6 is 0 Å². The Balaban J connectivity index is 1.74. The maximum atomic E-state index is 3.45. The van der Waals surface area contributed by atoms with Gasteiger partial charge in [0.1, 0.15) is 0 Å². The van der Waals surface area contributed by atoms with Crippen molar-refractivity contribution in [3.63, 3.8) is 0 Å². The third-order valence-electron chi connectivity index (χ3n) is 5.41. The van der Waals surface area contributed by atoms with Crippen molar-refractivity contribution in [3.8, 4) is 5.69 Å². The summed E-state index contributed by atoms with van der Waals surface area (Å²) < 4.78 is 2.33. The lowest BCUT2D eigenvalue weighted by Crippen LogP contribution is -2.26. The minimum absolute atomic E-state index is 0.688. The van der Waals surface area contributed by atoms with E-state index < -0.39 is 0 Å². The molecule has 0 radical (unpaired) electrons. The van der Waals surface area contributed by atoms with Crippen LogP contribution in [-0.4, -0.2) is 34.1 Å². The van der Waals surface area contributed by atoms with Crippen LogP contribution in [0.15, 0.2) is 36.5 Å². The predicted octanol–water partition coefficient (Wildman–Crippen LogP) is 4.21. The molecule has 4 rings (SSSR count). The number of rotatable bonds is 3. The number of likely N-dealkylation sites (N-methyl/N-ethyl adjacent to an activating group) is 1. The fourth-order valence-electron chi connectivity index (χ4n) is 4.04. The van der Waals surface area contributed by atoms with Crippen LogP contribution in [0.5, 0.6) is 0 Å². The monoisotopic (exact) mass is 307 g/mol. The molecule has 23 heavy (non-hydrogen) atoms. The molecule has 1 atom stereocenters. The number of hydrogen-bond acceptors (Lipinski definition) is 1. The highest BCUT2D eigenvalue weighted by atomic mass is 15.1. The summed E-state index contributed by atoms with van der Waals surface area (Å²) in [7, 11) is 2.25. The second kappa shape index (κ2) is 5.57. The van der Waals surface area contributed by atoms with E-state index in [1.807, 2.05) is 0 Å². The number of fused-ring (bicyclic) bond motifs is 1. The molecule has 1 aliphatic heterocycles. The van der Waals surface area contributed by atoms with Crippen LogP contribution in [0.4, 0.5) is 0 Å². The van der Waals surface area contributed by atoms with Crippen molar-refractivity contribution >= 4 is 10.9 Å². The van der Waals surface area contributed by atoms with Crippen molar-refractivity contribution in [1.29, 1.82) is 0 Å². The average Bonchev–Trinajstić information content (AvgIpc) is 3.21. The Morgan fingerprint density at radius 2 is 1.91 bits per heavy atom. The Labute approximate surface area is 137 Å². The molecule has 1 fully saturated rings. The van der Waals surface area contributed by atoms with Gasteiger partial charge in [-0.25, -0.2) is 0 Å². The van der Waals surface area contributed by atoms with E-state index >= 15 is 0 Å². The zero-order chi connectivity index (χ0) is 16.0. The summed E-state index contributed by atoms with van der Waals surface area (Å²) >= 11 is 0. The van der Waals surface area contributed by atoms with Gasteiger partial charge in [-0.2, -0.15) is 0 Å². The van der Waals surface area contributed by atoms with E-state index in [2.05, 4.69) is 71.9 Å². The first kappa shape index (κ1) is 14.6. The molecular weight excluding hydrogens is 282 g/mol. The summed E-state index contributed by atoms with van der Waals surface area (Å²) in [5, 5.41) is 1.37. The fraction of sp³-hybridized carbons (Fsp3) is 0.400. The molecule has 0 amide bonds. The van der Waals surface area contributed by atoms with Gasteiger partial charge >= 0.3 is 0 Å². The molecule has 1 aromatic carbocycles. The highest BCUT2D eigenvalue weighted by molar-refractivity contribution is 5.85. The molecule has 0 aliphatic carbocycles. The molecule has 120 valence electrons. The predicted molar refractivity (Wildman–Crippen MR) is 96.5 cm³/mol. The van der Waals surface area contributed by atoms with Crippen LogP contribution in [0.1, 0.15) is 29.8 Å². The van der Waals surface area contributed by atoms with Crippen LogP contribution in [-0.2, 0) is 6.42 Å². The van der Waals surface area contributed by atoms with Gasteiger partial charge in [-0.1, -0.05) is 0 Å². The van der Waals surface area contributed by atoms with Gasteiger partial charge in [0.2, 0.25) is 0 Å². The Hall–Kier alpha value is -2.00. The quantitative estimate of drug-likeness (QED) is 0.770. The van der Waals surface area contributed by atoms with Crippen LogP contribution in [0, 0.1) is 13.8 Å². The standard InChI is InChI=1S/C20H25N3/c1-14-6-7-15(2)23(14)18-8-9-20-19(12-18)16(13-21-20)11-17-5-4-10-22(17)3/h6-9,12-13,17,21H,4-5,10-11H2,1-3H3/t17-/m1/s1. The maximum absolute atomic E-state index is 3.45. The lowest BCUT2D eigenvalue weighted by molar-refractivity contribution is 0.310. The fourth-order valence-corrected chi connectivity index (χ4v) is 4.04. The number of nitrogens with zero attached hydrogens (tertiary/aromatic N) is 2. The molecule has 1 N–H and O–H groups in total. The topological polar surface area (TPSA) is 24.0 Å². The summed E-state index contributed by atoms with van der Waals surface area (Å²) in [6.45, 7) is 5.57. The maximum Gasteiger partial charge on any atom is 0.0462 e. The molecule has 0 spiro atoms. The molecule has 3 heterocycles. The van der Waals surface area contributed by atoms with Crippen molar-refractivity contribution in [2.45, 2.75) is 39.2 Å². The van der Waals surface area contributed by atoms with Crippen molar-refractivity contribution in [2.24, 2.45) is 0 Å². The zero-order valence-electron chi connectivity index (χ0n) is 14.3. The van der Waals surface area contributed by atoms with E-state index in [1.165, 1.54) is 52.9 Å². The first-order valence-corrected chi connectivity index (χ1v) is 8.59. The number of likely N-dealkylation sites (tertiary alicyclic amines) is 1. The Kier molecular flexibility index (Phi) is 3.53. The van der Waals surface area contributed by atoms with E-state index in [4.69, 9.17) is 0 Å². The molecule has 3 aromatic rings. The van der Waals surface area contributed by atoms with Crippen LogP contribution in [0.2, 0.25) is 0 Å². The third kappa shape index (κ3) is 2.49. The second-order valence-electron chi connectivity index (χ2n) is 6.98. The minimum Gasteiger partial charge on any atom is -0.361 e. The number of H-pyrrole nitrogens is 1. The van der Waals surface area contributed by atoms with Gasteiger partial charge in [0.25, 0.3) is 0 Å². The van der Waals surface area contributed by atoms with E-state index in [9.17, 15) is 0 Å². The zero-order valence-corrected chi connectivity index (χ0v) is 14.3. The smallest absolute Gasteiger partial charge is 0.0462 e. The molecule has 2 aromatic heterocycles. The largest absolute Gasteiger partial charge is 0.361 e. The lowest BCUT2D eigenvalue weighted by atomic mass is 10.0. The summed E-state index contributed by atoms with van der Waals surface area (Å²) in [6, 6.07) is 11.8. The van der Waals surface area contributed by atoms with E-state index in [0.29, 0.717) is 6.04 Å². The van der Waals surface area contributed by atoms with Gasteiger partial charge in [0, 0.05) is 40.2 Å². The Bertz CT molecular complexity index is 820. The molecule has 1 saturated heterocycles. The highest BCUT2D eigenvalue weighted by Gasteiger charge is 2.22. The SMILES string of the molecule is Cc1ccc(C)n1-c1ccc2[nH]cc(C[C@H]3CCCN3C)c2c1. The third-order valence-corrected chi connectivity index (χ3v) is 5.41. The number of hydrogen-bond donors (Lipinski definition) is 1. The molecule has 3 nitrogen and oxygen atoms in total. The normalized spacial score (nSPS) is 19.0. The molecule has 0 saturated carbocycles. The molecular formula is C20H25N3. The van der Waals surface area contributed by atoms with Crippen LogP contribution in [0.25, 0.3) is 16.6 Å². The van der Waals surface area contributed by atoms with Gasteiger partial charge in [-0.3, -0.25) is 0 Å². The Morgan fingerprint density at radius 1 is 1.13 bits per heavy atom. The van der Waals surface area contributed by atoms with Gasteiger partial charge in [0.05, 0.1) is 0 Å². The molecule has 1 aliphatic rings. The minimum atomic E-state index is 0.688. The molecule has 0 unspecified atom stereocenters. The number of aromatic nitrogens is 2. The lowest BCUT2D eigenvalue weighted by Gasteiger charge is -2.19. The first-order valence-electron chi connectivity index (χ1n) is 8.59. The number of nitrogens with one attached hydrogen (secondary N) is 1. The van der Waals surface area contributed by atoms with Gasteiger partial charge in [-0.05, 0) is 82.6 Å². The van der Waals surface area contributed by atoms with E-state index in [1.54, 1.807) is 0 Å². The van der Waals surface area contributed by atoms with E-state index in [-0.39, 0.29) is 0 Å². The van der Waals surface area contributed by atoms with Gasteiger partial charge < -0.3 is 14.5 Å². The highest BCUT2D eigenvalue weighted by Crippen LogP contribution is 2.27. The number of aromatic amines is 1. The van der Waals surface area contributed by atoms with Crippen molar-refractivity contribution in [1.82, 2.24) is 14.5 Å². The van der Waals surface area contributed by atoms with Gasteiger partial charge in [0.15, 0.2) is 0 Å². The van der Waals surface area contributed by atoms with E-state index in [0.717, 1.165) is 6.42 Å². The molecule has 0 bridgehead atoms. The van der Waals surface area contributed by atoms with Crippen LogP contribution < -0.4 is 0 Å². The van der Waals surface area contributed by atoms with Crippen molar-refractivity contribution < 1.29 is 0 Å². The average molecular weight is 307 g/mol. The van der Waals surface area contributed by atoms with Crippen molar-refractivity contribution in [3.05, 3.63) is 53.5 Å². The summed E-state index contributed by atoms with van der Waals surface area (Å²) in [5.41, 5.74) is 6.52. The summed E-state index contributed by atoms with van der Waals surface area (Å²) in [5.74, 6) is 0. The number of aryl methyl sites for hydroxylation is 2. The summed E-state index contributed by atoms with van der Waals surface area (Å²) in [6.07, 6.45) is 5.99. The first-order chi connectivity index (χ1) is 11.1. The second-order valence-corrected chi connectivity index (χ2v) is 6.98. The van der Waals surface area contributed by atoms with Crippen molar-refractivity contribution in [2.75, 3.05) is 13.6 Å². The van der Waals surface area contributed by atoms with Gasteiger partial charge in [-0.15, -0.1) is 0 Å².